The SMILES string of the molecule is CCC(CC)C1CN=C(NCc2cc(Br)cs2)S1. The highest BCUT2D eigenvalue weighted by atomic mass is 79.9. The van der Waals surface area contributed by atoms with Gasteiger partial charge in [-0.3, -0.25) is 4.99 Å². The van der Waals surface area contributed by atoms with Gasteiger partial charge in [-0.15, -0.1) is 11.3 Å². The summed E-state index contributed by atoms with van der Waals surface area (Å²) in [5.41, 5.74) is 0. The predicted octanol–water partition coefficient (Wildman–Crippen LogP) is 4.51. The summed E-state index contributed by atoms with van der Waals surface area (Å²) in [6, 6.07) is 2.16. The summed E-state index contributed by atoms with van der Waals surface area (Å²) in [5, 5.41) is 7.37. The van der Waals surface area contributed by atoms with E-state index in [9.17, 15) is 0 Å². The highest BCUT2D eigenvalue weighted by Gasteiger charge is 2.25. The maximum atomic E-state index is 4.62. The molecule has 0 aliphatic carbocycles. The molecule has 1 N–H and O–H groups in total. The molecule has 1 aliphatic rings. The number of rotatable bonds is 5. The van der Waals surface area contributed by atoms with Crippen LogP contribution < -0.4 is 5.32 Å². The van der Waals surface area contributed by atoms with Gasteiger partial charge in [0.25, 0.3) is 0 Å². The van der Waals surface area contributed by atoms with E-state index in [0.717, 1.165) is 24.2 Å². The molecule has 1 atom stereocenters. The van der Waals surface area contributed by atoms with E-state index in [1.807, 2.05) is 11.8 Å². The van der Waals surface area contributed by atoms with Gasteiger partial charge < -0.3 is 5.32 Å². The van der Waals surface area contributed by atoms with Crippen molar-refractivity contribution in [3.63, 3.8) is 0 Å². The van der Waals surface area contributed by atoms with E-state index in [1.54, 1.807) is 11.3 Å². The van der Waals surface area contributed by atoms with Gasteiger partial charge in [-0.25, -0.2) is 0 Å². The molecule has 1 aromatic rings. The van der Waals surface area contributed by atoms with E-state index in [0.29, 0.717) is 5.25 Å². The summed E-state index contributed by atoms with van der Waals surface area (Å²) < 4.78 is 1.17. The van der Waals surface area contributed by atoms with Gasteiger partial charge >= 0.3 is 0 Å². The average Bonchev–Trinajstić information content (AvgIpc) is 2.98. The summed E-state index contributed by atoms with van der Waals surface area (Å²) in [5.74, 6) is 0.800. The van der Waals surface area contributed by atoms with Crippen molar-refractivity contribution in [1.82, 2.24) is 5.32 Å². The number of thioether (sulfide) groups is 1. The van der Waals surface area contributed by atoms with E-state index in [4.69, 9.17) is 0 Å². The Labute approximate surface area is 126 Å². The standard InChI is InChI=1S/C13H19BrN2S2/c1-3-9(4-2)12-7-16-13(18-12)15-6-11-5-10(14)8-17-11/h5,8-9,12H,3-4,6-7H2,1-2H3,(H,15,16). The summed E-state index contributed by atoms with van der Waals surface area (Å²) in [7, 11) is 0. The van der Waals surface area contributed by atoms with Crippen LogP contribution in [0.2, 0.25) is 0 Å². The fourth-order valence-corrected chi connectivity index (χ4v) is 4.87. The molecule has 100 valence electrons. The third-order valence-electron chi connectivity index (χ3n) is 3.29. The van der Waals surface area contributed by atoms with Crippen LogP contribution in [0.15, 0.2) is 20.9 Å². The monoisotopic (exact) mass is 346 g/mol. The second-order valence-electron chi connectivity index (χ2n) is 4.46. The third kappa shape index (κ3) is 3.75. The molecule has 0 saturated heterocycles. The highest BCUT2D eigenvalue weighted by Crippen LogP contribution is 2.30. The van der Waals surface area contributed by atoms with Gasteiger partial charge in [0.15, 0.2) is 5.17 Å². The lowest BCUT2D eigenvalue weighted by Gasteiger charge is -2.18. The van der Waals surface area contributed by atoms with Gasteiger partial charge in [-0.1, -0.05) is 38.5 Å². The first-order chi connectivity index (χ1) is 8.72. The number of halogens is 1. The number of nitrogens with one attached hydrogen (secondary N) is 1. The van der Waals surface area contributed by atoms with Crippen molar-refractivity contribution in [3.05, 3.63) is 20.8 Å². The minimum absolute atomic E-state index is 0.678. The average molecular weight is 347 g/mol. The fourth-order valence-electron chi connectivity index (χ4n) is 2.16. The molecule has 2 heterocycles. The van der Waals surface area contributed by atoms with Gasteiger partial charge in [0, 0.05) is 20.0 Å². The van der Waals surface area contributed by atoms with Crippen molar-refractivity contribution in [2.45, 2.75) is 38.5 Å². The van der Waals surface area contributed by atoms with Gasteiger partial charge in [0.05, 0.1) is 13.1 Å². The van der Waals surface area contributed by atoms with E-state index < -0.39 is 0 Å². The second kappa shape index (κ2) is 6.96. The Morgan fingerprint density at radius 2 is 2.28 bits per heavy atom. The maximum Gasteiger partial charge on any atom is 0.157 e. The molecule has 1 aromatic heterocycles. The number of nitrogens with zero attached hydrogens (tertiary/aromatic N) is 1. The molecule has 2 nitrogen and oxygen atoms in total. The van der Waals surface area contributed by atoms with Crippen molar-refractivity contribution in [1.29, 1.82) is 0 Å². The Bertz CT molecular complexity index is 413. The first-order valence-electron chi connectivity index (χ1n) is 6.40. The van der Waals surface area contributed by atoms with Crippen LogP contribution in [0.4, 0.5) is 0 Å². The number of aliphatic imine (C=N–C) groups is 1. The topological polar surface area (TPSA) is 24.4 Å². The summed E-state index contributed by atoms with van der Waals surface area (Å²) in [6.45, 7) is 6.43. The molecular weight excluding hydrogens is 328 g/mol. The van der Waals surface area contributed by atoms with Crippen LogP contribution in [0.1, 0.15) is 31.6 Å². The molecule has 1 aliphatic heterocycles. The van der Waals surface area contributed by atoms with Crippen molar-refractivity contribution in [2.24, 2.45) is 10.9 Å². The highest BCUT2D eigenvalue weighted by molar-refractivity contribution is 9.10. The minimum atomic E-state index is 0.678. The quantitative estimate of drug-likeness (QED) is 0.848. The van der Waals surface area contributed by atoms with Gasteiger partial charge in [-0.2, -0.15) is 0 Å². The summed E-state index contributed by atoms with van der Waals surface area (Å²) in [6.07, 6.45) is 2.52. The normalized spacial score (nSPS) is 19.3. The lowest BCUT2D eigenvalue weighted by Crippen LogP contribution is -2.21. The summed E-state index contributed by atoms with van der Waals surface area (Å²) in [4.78, 5) is 5.96. The summed E-state index contributed by atoms with van der Waals surface area (Å²) >= 11 is 7.18. The lowest BCUT2D eigenvalue weighted by molar-refractivity contribution is 0.479. The largest absolute Gasteiger partial charge is 0.360 e. The van der Waals surface area contributed by atoms with Crippen LogP contribution in [0.25, 0.3) is 0 Å². The molecule has 0 radical (unpaired) electrons. The Balaban J connectivity index is 1.79. The Morgan fingerprint density at radius 3 is 2.89 bits per heavy atom. The van der Waals surface area contributed by atoms with Gasteiger partial charge in [-0.05, 0) is 27.9 Å². The lowest BCUT2D eigenvalue weighted by atomic mass is 9.99. The molecule has 5 heteroatoms. The molecule has 0 amide bonds. The predicted molar refractivity (Wildman–Crippen MR) is 86.6 cm³/mol. The molecule has 2 rings (SSSR count). The van der Waals surface area contributed by atoms with Gasteiger partial charge in [0.2, 0.25) is 0 Å². The second-order valence-corrected chi connectivity index (χ2v) is 7.60. The molecule has 0 aromatic carbocycles. The zero-order valence-electron chi connectivity index (χ0n) is 10.8. The molecule has 1 unspecified atom stereocenters. The van der Waals surface area contributed by atoms with Crippen LogP contribution in [0.3, 0.4) is 0 Å². The van der Waals surface area contributed by atoms with E-state index in [2.05, 4.69) is 51.5 Å². The van der Waals surface area contributed by atoms with Crippen LogP contribution in [-0.4, -0.2) is 17.0 Å². The van der Waals surface area contributed by atoms with Crippen molar-refractivity contribution < 1.29 is 0 Å². The molecule has 0 saturated carbocycles. The Morgan fingerprint density at radius 1 is 1.50 bits per heavy atom. The van der Waals surface area contributed by atoms with Crippen molar-refractivity contribution >= 4 is 44.2 Å². The van der Waals surface area contributed by atoms with E-state index >= 15 is 0 Å². The smallest absolute Gasteiger partial charge is 0.157 e. The van der Waals surface area contributed by atoms with Crippen LogP contribution in [0, 0.1) is 5.92 Å². The van der Waals surface area contributed by atoms with Crippen LogP contribution in [0.5, 0.6) is 0 Å². The van der Waals surface area contributed by atoms with Crippen LogP contribution >= 0.6 is 39.0 Å². The number of hydrogen-bond acceptors (Lipinski definition) is 4. The molecule has 0 bridgehead atoms. The Hall–Kier alpha value is -0.000000000000000111. The zero-order chi connectivity index (χ0) is 13.0. The minimum Gasteiger partial charge on any atom is -0.360 e. The van der Waals surface area contributed by atoms with Crippen molar-refractivity contribution in [2.75, 3.05) is 6.54 Å². The number of amidine groups is 1. The molecule has 0 spiro atoms. The van der Waals surface area contributed by atoms with E-state index in [1.165, 1.54) is 22.2 Å². The van der Waals surface area contributed by atoms with Crippen molar-refractivity contribution in [3.8, 4) is 0 Å². The molecular formula is C13H19BrN2S2. The maximum absolute atomic E-state index is 4.62. The Kier molecular flexibility index (Phi) is 5.57. The number of hydrogen-bond donors (Lipinski definition) is 1. The third-order valence-corrected chi connectivity index (χ3v) is 6.32. The first-order valence-corrected chi connectivity index (χ1v) is 8.96. The number of thiophene rings is 1. The zero-order valence-corrected chi connectivity index (χ0v) is 14.0. The molecule has 0 fully saturated rings. The molecule has 18 heavy (non-hydrogen) atoms. The van der Waals surface area contributed by atoms with E-state index in [-0.39, 0.29) is 0 Å². The fraction of sp³-hybridized carbons (Fsp3) is 0.615. The first kappa shape index (κ1) is 14.4. The van der Waals surface area contributed by atoms with Gasteiger partial charge in [0.1, 0.15) is 0 Å². The van der Waals surface area contributed by atoms with Crippen LogP contribution in [-0.2, 0) is 6.54 Å².